The summed E-state index contributed by atoms with van der Waals surface area (Å²) in [5.74, 6) is -0.791. The van der Waals surface area contributed by atoms with Crippen molar-refractivity contribution in [2.45, 2.75) is 19.9 Å². The van der Waals surface area contributed by atoms with Crippen molar-refractivity contribution in [2.75, 3.05) is 11.9 Å². The molecule has 0 aliphatic heterocycles. The van der Waals surface area contributed by atoms with Crippen LogP contribution in [0.1, 0.15) is 24.2 Å². The normalized spacial score (nSPS) is 12.5. The van der Waals surface area contributed by atoms with E-state index >= 15 is 0 Å². The van der Waals surface area contributed by atoms with Gasteiger partial charge in [-0.1, -0.05) is 19.9 Å². The van der Waals surface area contributed by atoms with Gasteiger partial charge < -0.3 is 15.5 Å². The van der Waals surface area contributed by atoms with Gasteiger partial charge in [0.25, 0.3) is 0 Å². The van der Waals surface area contributed by atoms with Crippen LogP contribution in [0.4, 0.5) is 5.69 Å². The lowest BCUT2D eigenvalue weighted by Crippen LogP contribution is -2.30. The number of carboxylic acid groups (broad SMARTS) is 1. The highest BCUT2D eigenvalue weighted by atomic mass is 79.9. The lowest BCUT2D eigenvalue weighted by molar-refractivity contribution is 0.0696. The first-order chi connectivity index (χ1) is 7.97. The fraction of sp³-hybridized carbons (Fsp3) is 0.417. The molecule has 0 spiro atoms. The number of hydrogen-bond donors (Lipinski definition) is 3. The predicted molar refractivity (Wildman–Crippen MR) is 70.4 cm³/mol. The lowest BCUT2D eigenvalue weighted by atomic mass is 10.0. The Balaban J connectivity index is 3.05. The van der Waals surface area contributed by atoms with E-state index in [-0.39, 0.29) is 24.1 Å². The fourth-order valence-electron chi connectivity index (χ4n) is 1.48. The molecule has 1 rings (SSSR count). The molecule has 0 fully saturated rings. The number of carboxylic acids is 1. The van der Waals surface area contributed by atoms with Crippen LogP contribution in [0, 0.1) is 5.92 Å². The van der Waals surface area contributed by atoms with Crippen molar-refractivity contribution in [3.8, 4) is 0 Å². The van der Waals surface area contributed by atoms with E-state index in [1.807, 2.05) is 13.8 Å². The van der Waals surface area contributed by atoms with Crippen LogP contribution >= 0.6 is 15.9 Å². The van der Waals surface area contributed by atoms with Crippen molar-refractivity contribution in [1.82, 2.24) is 0 Å². The summed E-state index contributed by atoms with van der Waals surface area (Å²) in [7, 11) is 0. The van der Waals surface area contributed by atoms with Crippen molar-refractivity contribution in [3.63, 3.8) is 0 Å². The fourth-order valence-corrected chi connectivity index (χ4v) is 2.02. The summed E-state index contributed by atoms with van der Waals surface area (Å²) in [6.45, 7) is 3.89. The maximum absolute atomic E-state index is 11.1. The molecule has 4 nitrogen and oxygen atoms in total. The molecule has 0 saturated carbocycles. The summed E-state index contributed by atoms with van der Waals surface area (Å²) in [5, 5.41) is 21.4. The number of nitrogens with one attached hydrogen (secondary N) is 1. The molecule has 0 saturated heterocycles. The molecule has 1 atom stereocenters. The van der Waals surface area contributed by atoms with Crippen LogP contribution in [-0.2, 0) is 0 Å². The molecule has 17 heavy (non-hydrogen) atoms. The molecule has 0 aliphatic rings. The quantitative estimate of drug-likeness (QED) is 0.782. The topological polar surface area (TPSA) is 69.6 Å². The third kappa shape index (κ3) is 3.44. The van der Waals surface area contributed by atoms with Crippen molar-refractivity contribution in [2.24, 2.45) is 5.92 Å². The average molecular weight is 302 g/mol. The Morgan fingerprint density at radius 2 is 2.12 bits per heavy atom. The molecular formula is C12H16BrNO3. The maximum Gasteiger partial charge on any atom is 0.338 e. The molecule has 0 radical (unpaired) electrons. The van der Waals surface area contributed by atoms with Gasteiger partial charge in [0.1, 0.15) is 0 Å². The minimum atomic E-state index is -1.000. The first-order valence-electron chi connectivity index (χ1n) is 5.36. The van der Waals surface area contributed by atoms with E-state index < -0.39 is 5.97 Å². The molecular weight excluding hydrogens is 286 g/mol. The van der Waals surface area contributed by atoms with Gasteiger partial charge in [0.05, 0.1) is 23.9 Å². The smallest absolute Gasteiger partial charge is 0.338 e. The van der Waals surface area contributed by atoms with Gasteiger partial charge in [-0.25, -0.2) is 4.79 Å². The van der Waals surface area contributed by atoms with Gasteiger partial charge in [0.2, 0.25) is 0 Å². The first-order valence-corrected chi connectivity index (χ1v) is 6.15. The second-order valence-electron chi connectivity index (χ2n) is 4.14. The first kappa shape index (κ1) is 14.0. The van der Waals surface area contributed by atoms with E-state index in [1.165, 1.54) is 0 Å². The number of halogens is 1. The SMILES string of the molecule is CC(C)[C@@H](CO)Nc1cccc(Br)c1C(=O)O. The van der Waals surface area contributed by atoms with Crippen LogP contribution in [0.2, 0.25) is 0 Å². The Morgan fingerprint density at radius 3 is 2.59 bits per heavy atom. The molecule has 0 unspecified atom stereocenters. The van der Waals surface area contributed by atoms with Crippen molar-refractivity contribution >= 4 is 27.6 Å². The third-order valence-corrected chi connectivity index (χ3v) is 3.23. The number of aromatic carboxylic acids is 1. The van der Waals surface area contributed by atoms with Gasteiger partial charge in [-0.15, -0.1) is 0 Å². The zero-order valence-corrected chi connectivity index (χ0v) is 11.4. The van der Waals surface area contributed by atoms with Gasteiger partial charge in [-0.3, -0.25) is 0 Å². The molecule has 0 aliphatic carbocycles. The summed E-state index contributed by atoms with van der Waals surface area (Å²) < 4.78 is 0.524. The van der Waals surface area contributed by atoms with E-state index in [0.29, 0.717) is 10.2 Å². The van der Waals surface area contributed by atoms with E-state index in [9.17, 15) is 9.90 Å². The van der Waals surface area contributed by atoms with Gasteiger partial charge in [0, 0.05) is 4.47 Å². The Hall–Kier alpha value is -1.07. The highest BCUT2D eigenvalue weighted by Crippen LogP contribution is 2.26. The van der Waals surface area contributed by atoms with Crippen molar-refractivity contribution in [3.05, 3.63) is 28.2 Å². The maximum atomic E-state index is 11.1. The monoisotopic (exact) mass is 301 g/mol. The zero-order valence-electron chi connectivity index (χ0n) is 9.77. The van der Waals surface area contributed by atoms with Crippen LogP contribution in [0.15, 0.2) is 22.7 Å². The van der Waals surface area contributed by atoms with Gasteiger partial charge >= 0.3 is 5.97 Å². The van der Waals surface area contributed by atoms with E-state index in [4.69, 9.17) is 5.11 Å². The van der Waals surface area contributed by atoms with E-state index in [2.05, 4.69) is 21.2 Å². The van der Waals surface area contributed by atoms with Gasteiger partial charge in [-0.2, -0.15) is 0 Å². The van der Waals surface area contributed by atoms with Crippen LogP contribution in [0.25, 0.3) is 0 Å². The molecule has 0 bridgehead atoms. The number of carbonyl (C=O) groups is 1. The Bertz CT molecular complexity index is 407. The van der Waals surface area contributed by atoms with Crippen LogP contribution in [-0.4, -0.2) is 28.8 Å². The second-order valence-corrected chi connectivity index (χ2v) is 5.00. The lowest BCUT2D eigenvalue weighted by Gasteiger charge is -2.22. The summed E-state index contributed by atoms with van der Waals surface area (Å²) in [6.07, 6.45) is 0. The number of anilines is 1. The summed E-state index contributed by atoms with van der Waals surface area (Å²) in [6, 6.07) is 4.97. The van der Waals surface area contributed by atoms with Crippen LogP contribution in [0.3, 0.4) is 0 Å². The molecule has 0 amide bonds. The molecule has 1 aromatic carbocycles. The zero-order chi connectivity index (χ0) is 13.0. The Kier molecular flexibility index (Phi) is 4.96. The Morgan fingerprint density at radius 1 is 1.47 bits per heavy atom. The summed E-state index contributed by atoms with van der Waals surface area (Å²) >= 11 is 3.21. The van der Waals surface area contributed by atoms with E-state index in [1.54, 1.807) is 18.2 Å². The van der Waals surface area contributed by atoms with Gasteiger partial charge in [0.15, 0.2) is 0 Å². The van der Waals surface area contributed by atoms with Crippen molar-refractivity contribution in [1.29, 1.82) is 0 Å². The van der Waals surface area contributed by atoms with Crippen molar-refractivity contribution < 1.29 is 15.0 Å². The average Bonchev–Trinajstić information content (AvgIpc) is 2.24. The number of benzene rings is 1. The summed E-state index contributed by atoms with van der Waals surface area (Å²) in [4.78, 5) is 11.1. The molecule has 3 N–H and O–H groups in total. The third-order valence-electron chi connectivity index (χ3n) is 2.57. The molecule has 94 valence electrons. The molecule has 0 aromatic heterocycles. The number of aliphatic hydroxyl groups excluding tert-OH is 1. The highest BCUT2D eigenvalue weighted by Gasteiger charge is 2.18. The number of aliphatic hydroxyl groups is 1. The number of rotatable bonds is 5. The Labute approximate surface area is 109 Å². The predicted octanol–water partition coefficient (Wildman–Crippen LogP) is 2.58. The van der Waals surface area contributed by atoms with Gasteiger partial charge in [-0.05, 0) is 34.0 Å². The molecule has 1 aromatic rings. The van der Waals surface area contributed by atoms with Crippen LogP contribution < -0.4 is 5.32 Å². The highest BCUT2D eigenvalue weighted by molar-refractivity contribution is 9.10. The molecule has 5 heteroatoms. The number of hydrogen-bond acceptors (Lipinski definition) is 3. The largest absolute Gasteiger partial charge is 0.478 e. The minimum Gasteiger partial charge on any atom is -0.478 e. The van der Waals surface area contributed by atoms with Crippen LogP contribution in [0.5, 0.6) is 0 Å². The molecule has 0 heterocycles. The second kappa shape index (κ2) is 6.02. The standard InChI is InChI=1S/C12H16BrNO3/c1-7(2)10(6-15)14-9-5-3-4-8(13)11(9)12(16)17/h3-5,7,10,14-15H,6H2,1-2H3,(H,16,17)/t10-/m1/s1. The minimum absolute atomic E-state index is 0.0385. The summed E-state index contributed by atoms with van der Waals surface area (Å²) in [5.41, 5.74) is 0.700. The van der Waals surface area contributed by atoms with E-state index in [0.717, 1.165) is 0 Å².